The van der Waals surface area contributed by atoms with Crippen molar-refractivity contribution in [2.45, 2.75) is 26.0 Å². The zero-order chi connectivity index (χ0) is 22.9. The molecule has 7 nitrogen and oxygen atoms in total. The monoisotopic (exact) mass is 433 g/mol. The lowest BCUT2D eigenvalue weighted by Gasteiger charge is -2.17. The second-order valence-electron chi connectivity index (χ2n) is 7.20. The van der Waals surface area contributed by atoms with Gasteiger partial charge in [-0.15, -0.1) is 0 Å². The lowest BCUT2D eigenvalue weighted by molar-refractivity contribution is 0.0946. The van der Waals surface area contributed by atoms with E-state index in [1.54, 1.807) is 42.5 Å². The molecule has 0 aliphatic heterocycles. The van der Waals surface area contributed by atoms with E-state index in [-0.39, 0.29) is 24.3 Å². The number of anilines is 2. The first-order valence-electron chi connectivity index (χ1n) is 10.4. The third-order valence-corrected chi connectivity index (χ3v) is 5.00. The summed E-state index contributed by atoms with van der Waals surface area (Å²) in [6, 6.07) is 21.1. The van der Waals surface area contributed by atoms with Crippen LogP contribution in [0.3, 0.4) is 0 Å². The zero-order valence-electron chi connectivity index (χ0n) is 18.1. The highest BCUT2D eigenvalue weighted by Crippen LogP contribution is 2.23. The van der Waals surface area contributed by atoms with Crippen molar-refractivity contribution in [1.29, 1.82) is 0 Å². The van der Waals surface area contributed by atoms with Gasteiger partial charge in [0.1, 0.15) is 11.9 Å². The van der Waals surface area contributed by atoms with Gasteiger partial charge in [-0.3, -0.25) is 4.79 Å². The topological polar surface area (TPSA) is 99.7 Å². The van der Waals surface area contributed by atoms with Crippen molar-refractivity contribution < 1.29 is 19.4 Å². The summed E-state index contributed by atoms with van der Waals surface area (Å²) in [7, 11) is 1.85. The molecule has 0 saturated carbocycles. The van der Waals surface area contributed by atoms with Crippen LogP contribution in [0.1, 0.15) is 40.9 Å². The maximum absolute atomic E-state index is 12.4. The van der Waals surface area contributed by atoms with Crippen molar-refractivity contribution in [3.63, 3.8) is 0 Å². The first-order chi connectivity index (χ1) is 15.5. The number of nitrogens with one attached hydrogen (secondary N) is 3. The van der Waals surface area contributed by atoms with Crippen LogP contribution in [-0.2, 0) is 11.3 Å². The first-order valence-corrected chi connectivity index (χ1v) is 10.4. The number of amides is 2. The molecule has 0 radical (unpaired) electrons. The van der Waals surface area contributed by atoms with Crippen molar-refractivity contribution in [3.05, 3.63) is 89.5 Å². The lowest BCUT2D eigenvalue weighted by atomic mass is 10.1. The van der Waals surface area contributed by atoms with Crippen LogP contribution in [0.15, 0.2) is 72.8 Å². The number of benzene rings is 3. The number of aromatic hydroxyl groups is 1. The minimum atomic E-state index is -0.504. The van der Waals surface area contributed by atoms with Gasteiger partial charge in [0.05, 0.1) is 5.69 Å². The average molecular weight is 434 g/mol. The van der Waals surface area contributed by atoms with Crippen molar-refractivity contribution in [3.8, 4) is 5.75 Å². The van der Waals surface area contributed by atoms with E-state index in [2.05, 4.69) is 16.0 Å². The van der Waals surface area contributed by atoms with E-state index in [1.807, 2.05) is 38.2 Å². The molecule has 166 valence electrons. The molecule has 3 rings (SSSR count). The second kappa shape index (κ2) is 10.9. The maximum atomic E-state index is 12.4. The number of carbonyl (C=O) groups is 2. The highest BCUT2D eigenvalue weighted by atomic mass is 16.6. The summed E-state index contributed by atoms with van der Waals surface area (Å²) in [5.74, 6) is -0.330. The molecule has 3 aromatic carbocycles. The Balaban J connectivity index is 1.52. The van der Waals surface area contributed by atoms with Crippen LogP contribution < -0.4 is 16.0 Å². The Morgan fingerprint density at radius 2 is 1.66 bits per heavy atom. The number of rotatable bonds is 8. The Kier molecular flexibility index (Phi) is 7.70. The molecule has 0 fully saturated rings. The van der Waals surface area contributed by atoms with Gasteiger partial charge in [-0.2, -0.15) is 0 Å². The summed E-state index contributed by atoms with van der Waals surface area (Å²) in [4.78, 5) is 24.6. The predicted molar refractivity (Wildman–Crippen MR) is 125 cm³/mol. The summed E-state index contributed by atoms with van der Waals surface area (Å²) in [5.41, 5.74) is 3.53. The summed E-state index contributed by atoms with van der Waals surface area (Å²) in [5, 5.41) is 18.2. The Hall–Kier alpha value is -4.00. The van der Waals surface area contributed by atoms with E-state index in [1.165, 1.54) is 6.07 Å². The van der Waals surface area contributed by atoms with Gasteiger partial charge in [0.25, 0.3) is 5.91 Å². The van der Waals surface area contributed by atoms with E-state index in [0.717, 1.165) is 16.8 Å². The number of para-hydroxylation sites is 2. The van der Waals surface area contributed by atoms with Crippen LogP contribution in [0.2, 0.25) is 0 Å². The molecule has 2 amide bonds. The standard InChI is InChI=1S/C25H27N3O4/c1-3-23(18-12-14-20(26-2)15-13-18)32-25(31)27-16-17-8-10-19(11-9-17)24(30)28-21-6-4-5-7-22(21)29/h4-15,23,26,29H,3,16H2,1-2H3,(H,27,31)(H,28,30)/t23-/m1/s1. The third kappa shape index (κ3) is 6.01. The van der Waals surface area contributed by atoms with Gasteiger partial charge >= 0.3 is 6.09 Å². The fourth-order valence-corrected chi connectivity index (χ4v) is 3.14. The molecule has 1 atom stereocenters. The molecule has 32 heavy (non-hydrogen) atoms. The number of hydrogen-bond donors (Lipinski definition) is 4. The van der Waals surface area contributed by atoms with Gasteiger partial charge in [-0.25, -0.2) is 4.79 Å². The van der Waals surface area contributed by atoms with Crippen LogP contribution in [0.5, 0.6) is 5.75 Å². The van der Waals surface area contributed by atoms with Crippen molar-refractivity contribution in [1.82, 2.24) is 5.32 Å². The van der Waals surface area contributed by atoms with Crippen LogP contribution in [0.25, 0.3) is 0 Å². The average Bonchev–Trinajstić information content (AvgIpc) is 2.83. The van der Waals surface area contributed by atoms with Crippen LogP contribution in [0, 0.1) is 0 Å². The number of carbonyl (C=O) groups excluding carboxylic acids is 2. The van der Waals surface area contributed by atoms with Gasteiger partial charge in [0.2, 0.25) is 0 Å². The Labute approximate surface area is 187 Å². The predicted octanol–water partition coefficient (Wildman–Crippen LogP) is 5.06. The van der Waals surface area contributed by atoms with Crippen molar-refractivity contribution in [2.24, 2.45) is 0 Å². The summed E-state index contributed by atoms with van der Waals surface area (Å²) in [6.45, 7) is 2.23. The van der Waals surface area contributed by atoms with Gasteiger partial charge in [-0.05, 0) is 53.9 Å². The van der Waals surface area contributed by atoms with Crippen LogP contribution in [-0.4, -0.2) is 24.2 Å². The Morgan fingerprint density at radius 3 is 2.28 bits per heavy atom. The Bertz CT molecular complexity index is 1050. The van der Waals surface area contributed by atoms with E-state index in [4.69, 9.17) is 4.74 Å². The van der Waals surface area contributed by atoms with E-state index >= 15 is 0 Å². The molecule has 3 aromatic rings. The molecule has 0 aliphatic rings. The molecule has 0 bridgehead atoms. The smallest absolute Gasteiger partial charge is 0.408 e. The van der Waals surface area contributed by atoms with Gasteiger partial charge in [0.15, 0.2) is 0 Å². The molecular formula is C25H27N3O4. The SMILES string of the molecule is CC[C@@H](OC(=O)NCc1ccc(C(=O)Nc2ccccc2O)cc1)c1ccc(NC)cc1. The number of alkyl carbamates (subject to hydrolysis) is 1. The molecule has 0 aliphatic carbocycles. The normalized spacial score (nSPS) is 11.3. The molecular weight excluding hydrogens is 406 g/mol. The minimum absolute atomic E-state index is 0.00328. The molecule has 0 unspecified atom stereocenters. The minimum Gasteiger partial charge on any atom is -0.506 e. The third-order valence-electron chi connectivity index (χ3n) is 5.00. The largest absolute Gasteiger partial charge is 0.506 e. The van der Waals surface area contributed by atoms with Crippen molar-refractivity contribution in [2.75, 3.05) is 17.7 Å². The zero-order valence-corrected chi connectivity index (χ0v) is 18.1. The summed E-state index contributed by atoms with van der Waals surface area (Å²) < 4.78 is 5.56. The number of phenols is 1. The molecule has 0 aromatic heterocycles. The lowest BCUT2D eigenvalue weighted by Crippen LogP contribution is -2.25. The molecule has 0 spiro atoms. The van der Waals surface area contributed by atoms with Gasteiger partial charge in [-0.1, -0.05) is 43.3 Å². The second-order valence-corrected chi connectivity index (χ2v) is 7.20. The number of phenolic OH excluding ortho intramolecular Hbond substituents is 1. The van der Waals surface area contributed by atoms with E-state index in [0.29, 0.717) is 17.7 Å². The fraction of sp³-hybridized carbons (Fsp3) is 0.200. The van der Waals surface area contributed by atoms with Crippen molar-refractivity contribution >= 4 is 23.4 Å². The van der Waals surface area contributed by atoms with Crippen LogP contribution in [0.4, 0.5) is 16.2 Å². The highest BCUT2D eigenvalue weighted by molar-refractivity contribution is 6.05. The first kappa shape index (κ1) is 22.7. The van der Waals surface area contributed by atoms with E-state index in [9.17, 15) is 14.7 Å². The van der Waals surface area contributed by atoms with Gasteiger partial charge < -0.3 is 25.8 Å². The Morgan fingerprint density at radius 1 is 0.969 bits per heavy atom. The molecule has 7 heteroatoms. The highest BCUT2D eigenvalue weighted by Gasteiger charge is 2.15. The summed E-state index contributed by atoms with van der Waals surface area (Å²) in [6.07, 6.45) is -0.176. The summed E-state index contributed by atoms with van der Waals surface area (Å²) >= 11 is 0. The number of hydrogen-bond acceptors (Lipinski definition) is 5. The maximum Gasteiger partial charge on any atom is 0.408 e. The van der Waals surface area contributed by atoms with Crippen LogP contribution >= 0.6 is 0 Å². The quantitative estimate of drug-likeness (QED) is 0.372. The molecule has 0 saturated heterocycles. The molecule has 4 N–H and O–H groups in total. The fourth-order valence-electron chi connectivity index (χ4n) is 3.14. The van der Waals surface area contributed by atoms with E-state index < -0.39 is 6.09 Å². The number of ether oxygens (including phenoxy) is 1. The van der Waals surface area contributed by atoms with Gasteiger partial charge in [0, 0.05) is 24.8 Å². The molecule has 0 heterocycles.